The minimum absolute atomic E-state index is 0.198. The highest BCUT2D eigenvalue weighted by molar-refractivity contribution is 5.33. The van der Waals surface area contributed by atoms with Gasteiger partial charge in [-0.05, 0) is 24.3 Å². The summed E-state index contributed by atoms with van der Waals surface area (Å²) in [6, 6.07) is 4.23. The first-order valence-electron chi connectivity index (χ1n) is 8.17. The van der Waals surface area contributed by atoms with E-state index in [0.717, 1.165) is 5.88 Å². The van der Waals surface area contributed by atoms with Gasteiger partial charge in [-0.3, -0.25) is 0 Å². The third-order valence-electron chi connectivity index (χ3n) is 4.28. The van der Waals surface area contributed by atoms with E-state index in [1.807, 2.05) is 12.3 Å². The van der Waals surface area contributed by atoms with Gasteiger partial charge >= 0.3 is 0 Å². The Hall–Kier alpha value is -1.05. The molecule has 0 aliphatic rings. The van der Waals surface area contributed by atoms with Gasteiger partial charge in [-0.2, -0.15) is 0 Å². The van der Waals surface area contributed by atoms with E-state index in [0.29, 0.717) is 0 Å². The Balaban J connectivity index is 2.85. The Kier molecular flexibility index (Phi) is 7.64. The van der Waals surface area contributed by atoms with E-state index in [1.54, 1.807) is 7.11 Å². The molecular weight excluding hydrogens is 246 g/mol. The molecule has 1 rings (SSSR count). The van der Waals surface area contributed by atoms with E-state index in [9.17, 15) is 0 Å². The van der Waals surface area contributed by atoms with Crippen LogP contribution in [0.5, 0.6) is 5.88 Å². The number of rotatable bonds is 10. The van der Waals surface area contributed by atoms with Crippen molar-refractivity contribution in [3.63, 3.8) is 0 Å². The summed E-state index contributed by atoms with van der Waals surface area (Å²) in [7, 11) is 1.73. The quantitative estimate of drug-likeness (QED) is 0.526. The van der Waals surface area contributed by atoms with Crippen LogP contribution in [0.4, 0.5) is 0 Å². The van der Waals surface area contributed by atoms with Gasteiger partial charge in [0.05, 0.1) is 7.11 Å². The lowest BCUT2D eigenvalue weighted by Crippen LogP contribution is -2.23. The molecule has 2 nitrogen and oxygen atoms in total. The molecule has 0 fully saturated rings. The van der Waals surface area contributed by atoms with E-state index in [4.69, 9.17) is 4.74 Å². The van der Waals surface area contributed by atoms with E-state index in [-0.39, 0.29) is 5.41 Å². The van der Waals surface area contributed by atoms with Crippen LogP contribution in [-0.4, -0.2) is 12.1 Å². The molecule has 1 heterocycles. The van der Waals surface area contributed by atoms with Crippen LogP contribution in [0.25, 0.3) is 0 Å². The fraction of sp³-hybridized carbons (Fsp3) is 0.722. The van der Waals surface area contributed by atoms with Gasteiger partial charge in [-0.15, -0.1) is 0 Å². The summed E-state index contributed by atoms with van der Waals surface area (Å²) in [5.41, 5.74) is 1.48. The van der Waals surface area contributed by atoms with Gasteiger partial charge in [0, 0.05) is 11.8 Å². The van der Waals surface area contributed by atoms with Gasteiger partial charge < -0.3 is 4.74 Å². The van der Waals surface area contributed by atoms with Crippen LogP contribution in [0.2, 0.25) is 0 Å². The first-order valence-corrected chi connectivity index (χ1v) is 8.17. The van der Waals surface area contributed by atoms with Gasteiger partial charge in [0.1, 0.15) is 0 Å². The Morgan fingerprint density at radius 2 is 1.75 bits per heavy atom. The molecule has 1 unspecified atom stereocenters. The lowest BCUT2D eigenvalue weighted by Gasteiger charge is -2.31. The zero-order valence-corrected chi connectivity index (χ0v) is 13.7. The third-order valence-corrected chi connectivity index (χ3v) is 4.28. The summed E-state index contributed by atoms with van der Waals surface area (Å²) >= 11 is 0. The van der Waals surface area contributed by atoms with Crippen molar-refractivity contribution in [1.82, 2.24) is 4.98 Å². The Morgan fingerprint density at radius 1 is 1.05 bits per heavy atom. The number of hydrogen-bond acceptors (Lipinski definition) is 2. The van der Waals surface area contributed by atoms with Crippen LogP contribution in [-0.2, 0) is 5.41 Å². The second-order valence-corrected chi connectivity index (χ2v) is 6.04. The molecule has 2 heteroatoms. The molecule has 114 valence electrons. The molecule has 20 heavy (non-hydrogen) atoms. The van der Waals surface area contributed by atoms with Crippen molar-refractivity contribution in [3.8, 4) is 5.88 Å². The van der Waals surface area contributed by atoms with Gasteiger partial charge in [0.15, 0.2) is 0 Å². The van der Waals surface area contributed by atoms with Crippen molar-refractivity contribution in [1.29, 1.82) is 0 Å². The smallest absolute Gasteiger partial charge is 0.216 e. The predicted octanol–water partition coefficient (Wildman–Crippen LogP) is 5.51. The summed E-state index contributed by atoms with van der Waals surface area (Å²) in [6.07, 6.45) is 12.0. The average molecular weight is 277 g/mol. The van der Waals surface area contributed by atoms with Crippen LogP contribution in [0.1, 0.15) is 77.7 Å². The van der Waals surface area contributed by atoms with E-state index in [2.05, 4.69) is 31.8 Å². The van der Waals surface area contributed by atoms with Crippen LogP contribution < -0.4 is 4.74 Å². The molecule has 1 aromatic heterocycles. The average Bonchev–Trinajstić information content (AvgIpc) is 2.49. The number of unbranched alkanes of at least 4 members (excludes halogenated alkanes) is 4. The monoisotopic (exact) mass is 277 g/mol. The van der Waals surface area contributed by atoms with Crippen molar-refractivity contribution >= 4 is 0 Å². The van der Waals surface area contributed by atoms with Crippen LogP contribution in [0.15, 0.2) is 18.3 Å². The molecule has 0 bridgehead atoms. The standard InChI is InChI=1S/C18H31NO/c1-5-7-9-10-14-18(3,13-8-6-2)16-12-11-15-19-17(16)20-4/h11-12,15H,5-10,13-14H2,1-4H3. The lowest BCUT2D eigenvalue weighted by molar-refractivity contribution is 0.333. The number of methoxy groups -OCH3 is 1. The molecular formula is C18H31NO. The van der Waals surface area contributed by atoms with Gasteiger partial charge in [0.2, 0.25) is 5.88 Å². The second kappa shape index (κ2) is 8.99. The first kappa shape index (κ1) is 17.0. The molecule has 0 amide bonds. The Labute approximate surface area is 125 Å². The number of aromatic nitrogens is 1. The van der Waals surface area contributed by atoms with E-state index in [1.165, 1.54) is 56.9 Å². The molecule has 0 saturated carbocycles. The topological polar surface area (TPSA) is 22.1 Å². The lowest BCUT2D eigenvalue weighted by atomic mass is 9.74. The van der Waals surface area contributed by atoms with Gasteiger partial charge in [-0.1, -0.05) is 65.4 Å². The molecule has 1 atom stereocenters. The third kappa shape index (κ3) is 4.81. The van der Waals surface area contributed by atoms with Crippen molar-refractivity contribution in [3.05, 3.63) is 23.9 Å². The zero-order valence-electron chi connectivity index (χ0n) is 13.7. The highest BCUT2D eigenvalue weighted by Crippen LogP contribution is 2.38. The molecule has 0 aliphatic carbocycles. The molecule has 0 saturated heterocycles. The normalized spacial score (nSPS) is 14.0. The van der Waals surface area contributed by atoms with E-state index < -0.39 is 0 Å². The molecule has 0 spiro atoms. The molecule has 0 N–H and O–H groups in total. The summed E-state index contributed by atoms with van der Waals surface area (Å²) in [5.74, 6) is 0.807. The predicted molar refractivity (Wildman–Crippen MR) is 86.4 cm³/mol. The maximum Gasteiger partial charge on any atom is 0.216 e. The second-order valence-electron chi connectivity index (χ2n) is 6.04. The van der Waals surface area contributed by atoms with Crippen LogP contribution in [0, 0.1) is 0 Å². The van der Waals surface area contributed by atoms with Gasteiger partial charge in [0.25, 0.3) is 0 Å². The number of hydrogen-bond donors (Lipinski definition) is 0. The van der Waals surface area contributed by atoms with Crippen LogP contribution in [0.3, 0.4) is 0 Å². The Bertz CT molecular complexity index is 377. The minimum Gasteiger partial charge on any atom is -0.481 e. The maximum atomic E-state index is 5.49. The summed E-state index contributed by atoms with van der Waals surface area (Å²) in [6.45, 7) is 6.91. The van der Waals surface area contributed by atoms with Crippen molar-refractivity contribution in [2.45, 2.75) is 77.6 Å². The summed E-state index contributed by atoms with van der Waals surface area (Å²) in [4.78, 5) is 4.39. The highest BCUT2D eigenvalue weighted by atomic mass is 16.5. The SMILES string of the molecule is CCCCCCC(C)(CCCC)c1cccnc1OC. The molecule has 0 aromatic carbocycles. The van der Waals surface area contributed by atoms with Gasteiger partial charge in [-0.25, -0.2) is 4.98 Å². The maximum absolute atomic E-state index is 5.49. The fourth-order valence-corrected chi connectivity index (χ4v) is 2.92. The van der Waals surface area contributed by atoms with Crippen LogP contribution >= 0.6 is 0 Å². The highest BCUT2D eigenvalue weighted by Gasteiger charge is 2.29. The first-order chi connectivity index (χ1) is 9.68. The summed E-state index contributed by atoms with van der Waals surface area (Å²) in [5, 5.41) is 0. The zero-order chi connectivity index (χ0) is 14.8. The molecule has 0 aliphatic heterocycles. The van der Waals surface area contributed by atoms with Crippen molar-refractivity contribution < 1.29 is 4.74 Å². The minimum atomic E-state index is 0.198. The largest absolute Gasteiger partial charge is 0.481 e. The van der Waals surface area contributed by atoms with E-state index >= 15 is 0 Å². The fourth-order valence-electron chi connectivity index (χ4n) is 2.92. The molecule has 0 radical (unpaired) electrons. The van der Waals surface area contributed by atoms with Crippen molar-refractivity contribution in [2.24, 2.45) is 0 Å². The number of nitrogens with zero attached hydrogens (tertiary/aromatic N) is 1. The number of ether oxygens (including phenoxy) is 1. The molecule has 1 aromatic rings. The summed E-state index contributed by atoms with van der Waals surface area (Å²) < 4.78 is 5.49. The Morgan fingerprint density at radius 3 is 2.40 bits per heavy atom. The van der Waals surface area contributed by atoms with Crippen molar-refractivity contribution in [2.75, 3.05) is 7.11 Å². The number of pyridine rings is 1.